The van der Waals surface area contributed by atoms with Crippen molar-refractivity contribution in [2.24, 2.45) is 5.92 Å². The zero-order valence-corrected chi connectivity index (χ0v) is 18.5. The van der Waals surface area contributed by atoms with Gasteiger partial charge in [-0.1, -0.05) is 18.2 Å². The highest BCUT2D eigenvalue weighted by molar-refractivity contribution is 6.28. The number of rotatable bonds is 6. The predicted octanol–water partition coefficient (Wildman–Crippen LogP) is 3.38. The highest BCUT2D eigenvalue weighted by Crippen LogP contribution is 2.32. The molecule has 0 bridgehead atoms. The minimum absolute atomic E-state index is 0.00315. The van der Waals surface area contributed by atoms with Gasteiger partial charge < -0.3 is 15.0 Å². The summed E-state index contributed by atoms with van der Waals surface area (Å²) < 4.78 is 45.8. The number of nitrogens with zero attached hydrogens (tertiary/aromatic N) is 4. The van der Waals surface area contributed by atoms with Gasteiger partial charge in [0.1, 0.15) is 11.6 Å². The van der Waals surface area contributed by atoms with Gasteiger partial charge in [-0.3, -0.25) is 9.69 Å². The van der Waals surface area contributed by atoms with Crippen LogP contribution < -0.4 is 5.32 Å². The number of fused-ring (bicyclic) bond motifs is 1. The van der Waals surface area contributed by atoms with Gasteiger partial charge in [-0.05, 0) is 18.0 Å². The Hall–Kier alpha value is -2.43. The molecule has 1 amide bonds. The molecule has 1 aromatic carbocycles. The molecule has 0 aliphatic carbocycles. The quantitative estimate of drug-likeness (QED) is 0.638. The summed E-state index contributed by atoms with van der Waals surface area (Å²) in [5.41, 5.74) is 0.787. The molecule has 176 valence electrons. The first-order chi connectivity index (χ1) is 15.9. The Morgan fingerprint density at radius 1 is 1.27 bits per heavy atom. The molecule has 5 rings (SSSR count). The Bertz CT molecular complexity index is 1060. The molecule has 2 fully saturated rings. The van der Waals surface area contributed by atoms with Gasteiger partial charge in [0.2, 0.25) is 11.2 Å². The zero-order chi connectivity index (χ0) is 23.1. The lowest BCUT2D eigenvalue weighted by Gasteiger charge is -2.42. The van der Waals surface area contributed by atoms with E-state index < -0.39 is 17.8 Å². The molecule has 1 atom stereocenters. The standard InChI is InChI=1S/C22H23ClF3N5O2/c23-22-28-17-10-31(21(32)13-7-30(8-13)14-4-5-33-11-14)9-16(17)20(29-22)27-6-12-2-1-3-15(18(12)24)19(25)26/h1-3,13-14,19H,4-11H2,(H,27,28,29). The highest BCUT2D eigenvalue weighted by Gasteiger charge is 2.41. The van der Waals surface area contributed by atoms with Gasteiger partial charge in [0.15, 0.2) is 0 Å². The lowest BCUT2D eigenvalue weighted by Crippen LogP contribution is -2.57. The number of nitrogens with one attached hydrogen (secondary N) is 1. The number of hydrogen-bond donors (Lipinski definition) is 1. The summed E-state index contributed by atoms with van der Waals surface area (Å²) in [6.07, 6.45) is -1.90. The van der Waals surface area contributed by atoms with Crippen LogP contribution >= 0.6 is 11.6 Å². The molecular weight excluding hydrogens is 459 g/mol. The third-order valence-corrected chi connectivity index (χ3v) is 6.71. The molecule has 3 aliphatic rings. The lowest BCUT2D eigenvalue weighted by molar-refractivity contribution is -0.143. The fourth-order valence-corrected chi connectivity index (χ4v) is 4.83. The predicted molar refractivity (Wildman–Crippen MR) is 114 cm³/mol. The smallest absolute Gasteiger partial charge is 0.266 e. The summed E-state index contributed by atoms with van der Waals surface area (Å²) >= 11 is 6.07. The summed E-state index contributed by atoms with van der Waals surface area (Å²) in [4.78, 5) is 25.5. The SMILES string of the molecule is O=C(C1CN(C2CCOC2)C1)N1Cc2nc(Cl)nc(NCc3cccc(C(F)F)c3F)c2C1. The van der Waals surface area contributed by atoms with Gasteiger partial charge in [0.05, 0.1) is 36.9 Å². The van der Waals surface area contributed by atoms with Crippen molar-refractivity contribution in [2.45, 2.75) is 38.5 Å². The fraction of sp³-hybridized carbons (Fsp3) is 0.500. The number of hydrogen-bond acceptors (Lipinski definition) is 6. The van der Waals surface area contributed by atoms with E-state index in [1.54, 1.807) is 4.90 Å². The number of benzene rings is 1. The molecule has 1 unspecified atom stereocenters. The van der Waals surface area contributed by atoms with E-state index in [4.69, 9.17) is 16.3 Å². The summed E-state index contributed by atoms with van der Waals surface area (Å²) in [5, 5.41) is 2.99. The summed E-state index contributed by atoms with van der Waals surface area (Å²) in [6, 6.07) is 4.28. The molecule has 2 aromatic rings. The molecule has 1 aromatic heterocycles. The number of aromatic nitrogens is 2. The number of amides is 1. The van der Waals surface area contributed by atoms with Crippen LogP contribution in [-0.2, 0) is 29.2 Å². The van der Waals surface area contributed by atoms with Gasteiger partial charge in [0.25, 0.3) is 6.43 Å². The van der Waals surface area contributed by atoms with Crippen LogP contribution in [-0.4, -0.2) is 58.0 Å². The van der Waals surface area contributed by atoms with E-state index in [1.807, 2.05) is 0 Å². The first kappa shape index (κ1) is 22.4. The molecule has 0 radical (unpaired) electrons. The topological polar surface area (TPSA) is 70.6 Å². The minimum Gasteiger partial charge on any atom is -0.380 e. The zero-order valence-electron chi connectivity index (χ0n) is 17.7. The van der Waals surface area contributed by atoms with Crippen LogP contribution in [0.4, 0.5) is 19.0 Å². The average molecular weight is 482 g/mol. The van der Waals surface area contributed by atoms with Crippen molar-refractivity contribution in [1.82, 2.24) is 19.8 Å². The number of halogens is 4. The number of ether oxygens (including phenoxy) is 1. The Balaban J connectivity index is 1.25. The van der Waals surface area contributed by atoms with Crippen LogP contribution in [0.5, 0.6) is 0 Å². The van der Waals surface area contributed by atoms with Crippen molar-refractivity contribution in [3.63, 3.8) is 0 Å². The van der Waals surface area contributed by atoms with Crippen LogP contribution in [0.3, 0.4) is 0 Å². The van der Waals surface area contributed by atoms with Crippen molar-refractivity contribution in [2.75, 3.05) is 31.6 Å². The van der Waals surface area contributed by atoms with Crippen molar-refractivity contribution >= 4 is 23.3 Å². The molecule has 0 spiro atoms. The molecule has 3 aliphatic heterocycles. The van der Waals surface area contributed by atoms with E-state index in [1.165, 1.54) is 12.1 Å². The number of anilines is 1. The van der Waals surface area contributed by atoms with Crippen molar-refractivity contribution in [3.8, 4) is 0 Å². The van der Waals surface area contributed by atoms with Gasteiger partial charge in [-0.25, -0.2) is 23.1 Å². The van der Waals surface area contributed by atoms with E-state index in [-0.39, 0.29) is 29.2 Å². The second-order valence-electron chi connectivity index (χ2n) is 8.60. The number of alkyl halides is 2. The van der Waals surface area contributed by atoms with Crippen LogP contribution in [0.1, 0.15) is 35.2 Å². The first-order valence-corrected chi connectivity index (χ1v) is 11.2. The average Bonchev–Trinajstić information content (AvgIpc) is 3.41. The van der Waals surface area contributed by atoms with E-state index >= 15 is 0 Å². The van der Waals surface area contributed by atoms with Gasteiger partial charge in [-0.15, -0.1) is 0 Å². The summed E-state index contributed by atoms with van der Waals surface area (Å²) in [5.74, 6) is -0.580. The van der Waals surface area contributed by atoms with Gasteiger partial charge in [0, 0.05) is 43.4 Å². The molecule has 33 heavy (non-hydrogen) atoms. The number of carbonyl (C=O) groups excluding carboxylic acids is 1. The molecule has 7 nitrogen and oxygen atoms in total. The van der Waals surface area contributed by atoms with E-state index in [2.05, 4.69) is 20.2 Å². The maximum absolute atomic E-state index is 14.4. The van der Waals surface area contributed by atoms with Gasteiger partial charge >= 0.3 is 0 Å². The number of likely N-dealkylation sites (tertiary alicyclic amines) is 1. The monoisotopic (exact) mass is 481 g/mol. The first-order valence-electron chi connectivity index (χ1n) is 10.9. The second kappa shape index (κ2) is 9.08. The van der Waals surface area contributed by atoms with E-state index in [0.29, 0.717) is 36.2 Å². The van der Waals surface area contributed by atoms with E-state index in [0.717, 1.165) is 38.8 Å². The summed E-state index contributed by atoms with van der Waals surface area (Å²) in [6.45, 7) is 3.52. The van der Waals surface area contributed by atoms with Crippen LogP contribution in [0.25, 0.3) is 0 Å². The fourth-order valence-electron chi connectivity index (χ4n) is 4.65. The molecule has 1 N–H and O–H groups in total. The number of carbonyl (C=O) groups is 1. The Kier molecular flexibility index (Phi) is 6.15. The second-order valence-corrected chi connectivity index (χ2v) is 8.94. The molecule has 0 saturated carbocycles. The minimum atomic E-state index is -2.90. The Labute approximate surface area is 193 Å². The largest absolute Gasteiger partial charge is 0.380 e. The Morgan fingerprint density at radius 2 is 2.09 bits per heavy atom. The van der Waals surface area contributed by atoms with Crippen molar-refractivity contribution < 1.29 is 22.7 Å². The van der Waals surface area contributed by atoms with Crippen molar-refractivity contribution in [1.29, 1.82) is 0 Å². The van der Waals surface area contributed by atoms with Crippen molar-refractivity contribution in [3.05, 3.63) is 51.7 Å². The molecule has 11 heteroatoms. The van der Waals surface area contributed by atoms with Crippen LogP contribution in [0, 0.1) is 11.7 Å². The molecule has 2 saturated heterocycles. The highest BCUT2D eigenvalue weighted by atomic mass is 35.5. The maximum Gasteiger partial charge on any atom is 0.266 e. The van der Waals surface area contributed by atoms with Crippen LogP contribution in [0.2, 0.25) is 5.28 Å². The maximum atomic E-state index is 14.4. The third-order valence-electron chi connectivity index (χ3n) is 6.54. The molecule has 4 heterocycles. The van der Waals surface area contributed by atoms with Crippen LogP contribution in [0.15, 0.2) is 18.2 Å². The van der Waals surface area contributed by atoms with Gasteiger partial charge in [-0.2, -0.15) is 0 Å². The third kappa shape index (κ3) is 4.39. The van der Waals surface area contributed by atoms with E-state index in [9.17, 15) is 18.0 Å². The summed E-state index contributed by atoms with van der Waals surface area (Å²) in [7, 11) is 0. The Morgan fingerprint density at radius 3 is 2.82 bits per heavy atom. The normalized spacial score (nSPS) is 20.9. The lowest BCUT2D eigenvalue weighted by atomic mass is 9.95. The molecular formula is C22H23ClF3N5O2.